The molecule has 180 valence electrons. The number of carbonyl (C=O) groups is 2. The van der Waals surface area contributed by atoms with Gasteiger partial charge in [-0.1, -0.05) is 48.5 Å². The van der Waals surface area contributed by atoms with Crippen LogP contribution < -0.4 is 9.64 Å². The van der Waals surface area contributed by atoms with E-state index in [0.29, 0.717) is 23.5 Å². The minimum absolute atomic E-state index is 0.104. The highest BCUT2D eigenvalue weighted by molar-refractivity contribution is 8.18. The number of hydrogen-bond donors (Lipinski definition) is 0. The number of carbonyl (C=O) groups excluding carboxylic acids is 2. The van der Waals surface area contributed by atoms with Crippen LogP contribution in [0.5, 0.6) is 5.75 Å². The maximum atomic E-state index is 14.1. The van der Waals surface area contributed by atoms with Gasteiger partial charge in [0.2, 0.25) is 0 Å². The van der Waals surface area contributed by atoms with Crippen LogP contribution in [-0.2, 0) is 17.9 Å². The van der Waals surface area contributed by atoms with E-state index >= 15 is 0 Å². The number of anilines is 1. The molecular weight excluding hydrogens is 463 g/mol. The Morgan fingerprint density at radius 2 is 1.69 bits per heavy atom. The number of benzene rings is 3. The molecule has 0 spiro atoms. The van der Waals surface area contributed by atoms with Gasteiger partial charge >= 0.3 is 0 Å². The fraction of sp³-hybridized carbons (Fsp3) is 0.214. The van der Waals surface area contributed by atoms with Crippen molar-refractivity contribution in [3.8, 4) is 5.75 Å². The lowest BCUT2D eigenvalue weighted by Crippen LogP contribution is -2.27. The van der Waals surface area contributed by atoms with Crippen molar-refractivity contribution in [3.63, 3.8) is 0 Å². The quantitative estimate of drug-likeness (QED) is 0.321. The molecule has 7 heteroatoms. The molecular formula is C28H27FN2O3S. The maximum Gasteiger partial charge on any atom is 0.293 e. The summed E-state index contributed by atoms with van der Waals surface area (Å²) >= 11 is 0.855. The van der Waals surface area contributed by atoms with Crippen LogP contribution in [0.15, 0.2) is 77.7 Å². The second-order valence-corrected chi connectivity index (χ2v) is 9.02. The van der Waals surface area contributed by atoms with Gasteiger partial charge in [0.25, 0.3) is 11.1 Å². The molecule has 0 aromatic heterocycles. The van der Waals surface area contributed by atoms with E-state index < -0.39 is 17.0 Å². The normalized spacial score (nSPS) is 14.6. The van der Waals surface area contributed by atoms with Crippen molar-refractivity contribution in [3.05, 3.63) is 100 Å². The SMILES string of the molecule is CCN(CC)c1ccc(/C=C2/SC(=O)N(Cc3ccccc3F)C2=O)c(OCc2ccccc2)c1. The molecule has 3 aromatic carbocycles. The molecule has 2 amide bonds. The number of imide groups is 1. The average molecular weight is 491 g/mol. The molecule has 1 heterocycles. The second kappa shape index (κ2) is 11.2. The predicted octanol–water partition coefficient (Wildman–Crippen LogP) is 6.49. The van der Waals surface area contributed by atoms with Crippen LogP contribution in [0.25, 0.3) is 6.08 Å². The van der Waals surface area contributed by atoms with E-state index in [9.17, 15) is 14.0 Å². The third kappa shape index (κ3) is 5.74. The van der Waals surface area contributed by atoms with E-state index in [1.807, 2.05) is 48.5 Å². The van der Waals surface area contributed by atoms with Crippen LogP contribution in [0.2, 0.25) is 0 Å². The maximum absolute atomic E-state index is 14.1. The van der Waals surface area contributed by atoms with E-state index in [1.165, 1.54) is 6.07 Å². The lowest BCUT2D eigenvalue weighted by Gasteiger charge is -2.22. The summed E-state index contributed by atoms with van der Waals surface area (Å²) in [7, 11) is 0. The molecule has 1 aliphatic heterocycles. The predicted molar refractivity (Wildman–Crippen MR) is 139 cm³/mol. The third-order valence-electron chi connectivity index (χ3n) is 5.81. The minimum Gasteiger partial charge on any atom is -0.488 e. The van der Waals surface area contributed by atoms with E-state index in [-0.39, 0.29) is 11.4 Å². The second-order valence-electron chi connectivity index (χ2n) is 8.03. The summed E-state index contributed by atoms with van der Waals surface area (Å²) in [5, 5.41) is -0.420. The molecule has 1 aliphatic rings. The minimum atomic E-state index is -0.445. The van der Waals surface area contributed by atoms with Crippen molar-refractivity contribution in [2.24, 2.45) is 0 Å². The lowest BCUT2D eigenvalue weighted by molar-refractivity contribution is -0.123. The Kier molecular flexibility index (Phi) is 7.87. The van der Waals surface area contributed by atoms with Gasteiger partial charge in [-0.2, -0.15) is 0 Å². The van der Waals surface area contributed by atoms with Gasteiger partial charge in [0.15, 0.2) is 0 Å². The Balaban J connectivity index is 1.62. The van der Waals surface area contributed by atoms with Gasteiger partial charge in [0, 0.05) is 36.0 Å². The highest BCUT2D eigenvalue weighted by Crippen LogP contribution is 2.36. The van der Waals surface area contributed by atoms with Gasteiger partial charge in [0.1, 0.15) is 18.2 Å². The zero-order valence-electron chi connectivity index (χ0n) is 19.7. The Morgan fingerprint density at radius 3 is 2.40 bits per heavy atom. The van der Waals surface area contributed by atoms with Crippen molar-refractivity contribution in [1.29, 1.82) is 0 Å². The topological polar surface area (TPSA) is 49.9 Å². The monoisotopic (exact) mass is 490 g/mol. The molecule has 4 rings (SSSR count). The summed E-state index contributed by atoms with van der Waals surface area (Å²) in [4.78, 5) is 29.2. The number of nitrogens with zero attached hydrogens (tertiary/aromatic N) is 2. The Labute approximate surface area is 209 Å². The highest BCUT2D eigenvalue weighted by Gasteiger charge is 2.35. The van der Waals surface area contributed by atoms with Crippen molar-refractivity contribution in [2.45, 2.75) is 27.0 Å². The van der Waals surface area contributed by atoms with Gasteiger partial charge in [-0.25, -0.2) is 4.39 Å². The summed E-state index contributed by atoms with van der Waals surface area (Å²) in [6.45, 7) is 6.15. The van der Waals surface area contributed by atoms with E-state index in [0.717, 1.165) is 41.0 Å². The fourth-order valence-corrected chi connectivity index (χ4v) is 4.69. The molecule has 0 saturated carbocycles. The van der Waals surface area contributed by atoms with Gasteiger partial charge in [-0.05, 0) is 55.4 Å². The van der Waals surface area contributed by atoms with Crippen molar-refractivity contribution in [2.75, 3.05) is 18.0 Å². The molecule has 3 aromatic rings. The number of hydrogen-bond acceptors (Lipinski definition) is 5. The molecule has 5 nitrogen and oxygen atoms in total. The molecule has 35 heavy (non-hydrogen) atoms. The number of amides is 2. The van der Waals surface area contributed by atoms with Gasteiger partial charge in [0.05, 0.1) is 11.4 Å². The summed E-state index contributed by atoms with van der Waals surface area (Å²) in [6, 6.07) is 21.8. The molecule has 0 radical (unpaired) electrons. The first-order chi connectivity index (χ1) is 17.0. The fourth-order valence-electron chi connectivity index (χ4n) is 3.86. The summed E-state index contributed by atoms with van der Waals surface area (Å²) < 4.78 is 20.3. The van der Waals surface area contributed by atoms with E-state index in [2.05, 4.69) is 18.7 Å². The van der Waals surface area contributed by atoms with Crippen molar-refractivity contribution in [1.82, 2.24) is 4.90 Å². The third-order valence-corrected chi connectivity index (χ3v) is 6.72. The smallest absolute Gasteiger partial charge is 0.293 e. The van der Waals surface area contributed by atoms with Gasteiger partial charge in [-0.3, -0.25) is 14.5 Å². The van der Waals surface area contributed by atoms with Crippen LogP contribution in [0.4, 0.5) is 14.9 Å². The van der Waals surface area contributed by atoms with Crippen molar-refractivity contribution < 1.29 is 18.7 Å². The molecule has 1 fully saturated rings. The molecule has 0 atom stereocenters. The van der Waals surface area contributed by atoms with Crippen molar-refractivity contribution >= 4 is 34.7 Å². The summed E-state index contributed by atoms with van der Waals surface area (Å²) in [6.07, 6.45) is 1.68. The number of ether oxygens (including phenoxy) is 1. The molecule has 1 saturated heterocycles. The first-order valence-corrected chi connectivity index (χ1v) is 12.4. The largest absolute Gasteiger partial charge is 0.488 e. The van der Waals surface area contributed by atoms with Crippen LogP contribution in [0, 0.1) is 5.82 Å². The first kappa shape index (κ1) is 24.5. The Morgan fingerprint density at radius 1 is 0.971 bits per heavy atom. The first-order valence-electron chi connectivity index (χ1n) is 11.5. The molecule has 0 aliphatic carbocycles. The van der Waals surface area contributed by atoms with Crippen LogP contribution in [-0.4, -0.2) is 29.1 Å². The van der Waals surface area contributed by atoms with Crippen LogP contribution >= 0.6 is 11.8 Å². The molecule has 0 unspecified atom stereocenters. The summed E-state index contributed by atoms with van der Waals surface area (Å²) in [5.41, 5.74) is 3.04. The van der Waals surface area contributed by atoms with Crippen LogP contribution in [0.1, 0.15) is 30.5 Å². The van der Waals surface area contributed by atoms with E-state index in [1.54, 1.807) is 24.3 Å². The van der Waals surface area contributed by atoms with Gasteiger partial charge in [-0.15, -0.1) is 0 Å². The number of rotatable bonds is 9. The standard InChI is InChI=1S/C28H27FN2O3S/c1-3-30(4-2)23-15-14-21(25(17-23)34-19-20-10-6-5-7-11-20)16-26-27(32)31(28(33)35-26)18-22-12-8-9-13-24(22)29/h5-17H,3-4,18-19H2,1-2H3/b26-16+. The highest BCUT2D eigenvalue weighted by atomic mass is 32.2. The lowest BCUT2D eigenvalue weighted by atomic mass is 10.1. The number of halogens is 1. The molecule has 0 N–H and O–H groups in total. The average Bonchev–Trinajstić information content (AvgIpc) is 3.13. The van der Waals surface area contributed by atoms with E-state index in [4.69, 9.17) is 4.74 Å². The van der Waals surface area contributed by atoms with Crippen LogP contribution in [0.3, 0.4) is 0 Å². The Hall–Kier alpha value is -3.58. The Bertz CT molecular complexity index is 1240. The molecule has 0 bridgehead atoms. The number of thioether (sulfide) groups is 1. The zero-order valence-corrected chi connectivity index (χ0v) is 20.6. The zero-order chi connectivity index (χ0) is 24.8. The van der Waals surface area contributed by atoms with Gasteiger partial charge < -0.3 is 9.64 Å². The summed E-state index contributed by atoms with van der Waals surface area (Å²) in [5.74, 6) is -0.261.